The van der Waals surface area contributed by atoms with Gasteiger partial charge in [-0.2, -0.15) is 5.26 Å². The van der Waals surface area contributed by atoms with Crippen LogP contribution in [0.4, 0.5) is 0 Å². The number of hydrogen-bond donors (Lipinski definition) is 1. The summed E-state index contributed by atoms with van der Waals surface area (Å²) < 4.78 is 0. The van der Waals surface area contributed by atoms with Crippen molar-refractivity contribution in [2.75, 3.05) is 19.7 Å². The molecule has 0 aromatic carbocycles. The van der Waals surface area contributed by atoms with Gasteiger partial charge in [-0.25, -0.2) is 0 Å². The lowest BCUT2D eigenvalue weighted by Crippen LogP contribution is -2.41. The Morgan fingerprint density at radius 1 is 1.67 bits per heavy atom. The third-order valence-corrected chi connectivity index (χ3v) is 3.29. The largest absolute Gasteiger partial charge is 0.394 e. The first-order valence-corrected chi connectivity index (χ1v) is 4.56. The van der Waals surface area contributed by atoms with Crippen LogP contribution in [0.15, 0.2) is 0 Å². The quantitative estimate of drug-likeness (QED) is 0.611. The van der Waals surface area contributed by atoms with Gasteiger partial charge in [-0.1, -0.05) is 0 Å². The highest BCUT2D eigenvalue weighted by molar-refractivity contribution is 5.07. The first-order valence-electron chi connectivity index (χ1n) is 4.56. The third kappa shape index (κ3) is 0.954. The van der Waals surface area contributed by atoms with Gasteiger partial charge in [0.2, 0.25) is 0 Å². The summed E-state index contributed by atoms with van der Waals surface area (Å²) in [5, 5.41) is 18.1. The number of rotatable bonds is 1. The zero-order valence-electron chi connectivity index (χ0n) is 7.16. The van der Waals surface area contributed by atoms with Gasteiger partial charge in [0, 0.05) is 12.1 Å². The van der Waals surface area contributed by atoms with Gasteiger partial charge in [-0.15, -0.1) is 0 Å². The van der Waals surface area contributed by atoms with Crippen LogP contribution < -0.4 is 0 Å². The van der Waals surface area contributed by atoms with E-state index in [2.05, 4.69) is 11.0 Å². The highest BCUT2D eigenvalue weighted by Gasteiger charge is 2.47. The minimum Gasteiger partial charge on any atom is -0.394 e. The van der Waals surface area contributed by atoms with E-state index in [0.29, 0.717) is 0 Å². The topological polar surface area (TPSA) is 47.3 Å². The molecular formula is C9H14N2O. The normalized spacial score (nSPS) is 41.2. The van der Waals surface area contributed by atoms with Gasteiger partial charge in [0.25, 0.3) is 0 Å². The Labute approximate surface area is 72.6 Å². The number of nitriles is 1. The molecule has 0 aromatic rings. The van der Waals surface area contributed by atoms with E-state index in [1.807, 2.05) is 0 Å². The molecule has 3 heteroatoms. The fourth-order valence-electron chi connectivity index (χ4n) is 2.63. The number of aliphatic hydroxyl groups is 1. The molecule has 2 rings (SSSR count). The average Bonchev–Trinajstić information content (AvgIpc) is 2.58. The van der Waals surface area contributed by atoms with E-state index in [1.54, 1.807) is 0 Å². The second kappa shape index (κ2) is 2.72. The second-order valence-electron chi connectivity index (χ2n) is 3.96. The zero-order chi connectivity index (χ0) is 8.60. The summed E-state index contributed by atoms with van der Waals surface area (Å²) in [5.41, 5.74) is -0.0135. The Morgan fingerprint density at radius 2 is 2.50 bits per heavy atom. The lowest BCUT2D eigenvalue weighted by Gasteiger charge is -2.29. The summed E-state index contributed by atoms with van der Waals surface area (Å²) >= 11 is 0. The lowest BCUT2D eigenvalue weighted by atomic mass is 9.91. The van der Waals surface area contributed by atoms with Gasteiger partial charge in [-0.05, 0) is 25.8 Å². The molecule has 1 N–H and O–H groups in total. The molecule has 2 atom stereocenters. The summed E-state index contributed by atoms with van der Waals surface area (Å²) in [6, 6.07) is 2.30. The molecule has 0 aromatic heterocycles. The molecule has 0 saturated carbocycles. The molecule has 0 spiro atoms. The molecule has 2 saturated heterocycles. The van der Waals surface area contributed by atoms with Crippen LogP contribution in [0.25, 0.3) is 0 Å². The Bertz CT molecular complexity index is 223. The smallest absolute Gasteiger partial charge is 0.0670 e. The number of nitrogens with zero attached hydrogens (tertiary/aromatic N) is 2. The first kappa shape index (κ1) is 8.03. The first-order chi connectivity index (χ1) is 5.80. The van der Waals surface area contributed by atoms with Crippen LogP contribution in [0, 0.1) is 17.2 Å². The summed E-state index contributed by atoms with van der Waals surface area (Å²) in [4.78, 5) is 2.29. The minimum atomic E-state index is -0.0135. The maximum Gasteiger partial charge on any atom is 0.0670 e. The van der Waals surface area contributed by atoms with E-state index in [-0.39, 0.29) is 18.1 Å². The Morgan fingerprint density at radius 3 is 3.08 bits per heavy atom. The third-order valence-electron chi connectivity index (χ3n) is 3.29. The van der Waals surface area contributed by atoms with Crippen molar-refractivity contribution in [3.8, 4) is 6.07 Å². The van der Waals surface area contributed by atoms with E-state index in [1.165, 1.54) is 6.42 Å². The lowest BCUT2D eigenvalue weighted by molar-refractivity contribution is 0.0998. The van der Waals surface area contributed by atoms with Crippen molar-refractivity contribution in [2.45, 2.75) is 24.8 Å². The van der Waals surface area contributed by atoms with Crippen LogP contribution >= 0.6 is 0 Å². The van der Waals surface area contributed by atoms with Crippen molar-refractivity contribution in [1.29, 1.82) is 5.26 Å². The molecule has 66 valence electrons. The molecule has 1 unspecified atom stereocenters. The highest BCUT2D eigenvalue weighted by Crippen LogP contribution is 2.40. The van der Waals surface area contributed by atoms with E-state index in [9.17, 15) is 5.11 Å². The van der Waals surface area contributed by atoms with Crippen LogP contribution in [-0.4, -0.2) is 35.2 Å². The van der Waals surface area contributed by atoms with Crippen LogP contribution in [0.2, 0.25) is 0 Å². The van der Waals surface area contributed by atoms with Crippen molar-refractivity contribution >= 4 is 0 Å². The summed E-state index contributed by atoms with van der Waals surface area (Å²) in [7, 11) is 0. The number of aliphatic hydroxyl groups excluding tert-OH is 1. The van der Waals surface area contributed by atoms with Crippen molar-refractivity contribution in [3.05, 3.63) is 0 Å². The molecule has 0 aliphatic carbocycles. The monoisotopic (exact) mass is 166 g/mol. The van der Waals surface area contributed by atoms with Crippen LogP contribution in [0.5, 0.6) is 0 Å². The van der Waals surface area contributed by atoms with Gasteiger partial charge < -0.3 is 5.11 Å². The van der Waals surface area contributed by atoms with Crippen molar-refractivity contribution < 1.29 is 5.11 Å². The SMILES string of the molecule is N#CC1CN2CCC[C@@]2(CO)C1. The standard InChI is InChI=1S/C9H14N2O/c10-5-8-4-9(7-12)2-1-3-11(9)6-8/h8,12H,1-4,6-7H2/t8?,9-/m0/s1. The zero-order valence-corrected chi connectivity index (χ0v) is 7.16. The number of fused-ring (bicyclic) bond motifs is 1. The molecule has 2 aliphatic heterocycles. The van der Waals surface area contributed by atoms with Gasteiger partial charge >= 0.3 is 0 Å². The molecule has 0 amide bonds. The summed E-state index contributed by atoms with van der Waals surface area (Å²) in [6.45, 7) is 2.17. The summed E-state index contributed by atoms with van der Waals surface area (Å²) in [5.74, 6) is 0.150. The Hall–Kier alpha value is -0.590. The highest BCUT2D eigenvalue weighted by atomic mass is 16.3. The molecular weight excluding hydrogens is 152 g/mol. The van der Waals surface area contributed by atoms with Crippen molar-refractivity contribution in [2.24, 2.45) is 5.92 Å². The maximum atomic E-state index is 9.29. The molecule has 0 radical (unpaired) electrons. The van der Waals surface area contributed by atoms with Gasteiger partial charge in [0.15, 0.2) is 0 Å². The fraction of sp³-hybridized carbons (Fsp3) is 0.889. The number of hydrogen-bond acceptors (Lipinski definition) is 3. The van der Waals surface area contributed by atoms with Gasteiger partial charge in [-0.3, -0.25) is 4.90 Å². The molecule has 12 heavy (non-hydrogen) atoms. The van der Waals surface area contributed by atoms with Crippen LogP contribution in [0.3, 0.4) is 0 Å². The summed E-state index contributed by atoms with van der Waals surface area (Å²) in [6.07, 6.45) is 3.13. The Kier molecular flexibility index (Phi) is 1.82. The van der Waals surface area contributed by atoms with E-state index >= 15 is 0 Å². The minimum absolute atomic E-state index is 0.0135. The Balaban J connectivity index is 2.15. The predicted octanol–water partition coefficient (Wildman–Crippen LogP) is 0.357. The van der Waals surface area contributed by atoms with Gasteiger partial charge in [0.1, 0.15) is 0 Å². The van der Waals surface area contributed by atoms with Crippen LogP contribution in [-0.2, 0) is 0 Å². The molecule has 2 heterocycles. The van der Waals surface area contributed by atoms with E-state index in [0.717, 1.165) is 25.9 Å². The van der Waals surface area contributed by atoms with Crippen molar-refractivity contribution in [3.63, 3.8) is 0 Å². The second-order valence-corrected chi connectivity index (χ2v) is 3.96. The van der Waals surface area contributed by atoms with E-state index < -0.39 is 0 Å². The van der Waals surface area contributed by atoms with E-state index in [4.69, 9.17) is 5.26 Å². The molecule has 2 aliphatic rings. The molecule has 3 nitrogen and oxygen atoms in total. The molecule has 2 fully saturated rings. The van der Waals surface area contributed by atoms with Crippen LogP contribution in [0.1, 0.15) is 19.3 Å². The predicted molar refractivity (Wildman–Crippen MR) is 44.3 cm³/mol. The van der Waals surface area contributed by atoms with Gasteiger partial charge in [0.05, 0.1) is 18.6 Å². The van der Waals surface area contributed by atoms with Crippen molar-refractivity contribution in [1.82, 2.24) is 4.90 Å². The fourth-order valence-corrected chi connectivity index (χ4v) is 2.63. The molecule has 0 bridgehead atoms. The average molecular weight is 166 g/mol. The maximum absolute atomic E-state index is 9.29.